The number of benzene rings is 1. The van der Waals surface area contributed by atoms with E-state index in [1.807, 2.05) is 6.08 Å². The summed E-state index contributed by atoms with van der Waals surface area (Å²) in [7, 11) is 0. The van der Waals surface area contributed by atoms with Gasteiger partial charge in [-0.15, -0.1) is 0 Å². The van der Waals surface area contributed by atoms with Gasteiger partial charge >= 0.3 is 110 Å². The summed E-state index contributed by atoms with van der Waals surface area (Å²) >= 11 is 0.549. The topological polar surface area (TPSA) is 9.23 Å². The first kappa shape index (κ1) is 12.9. The van der Waals surface area contributed by atoms with Crippen LogP contribution in [0.3, 0.4) is 0 Å². The molecule has 92 valence electrons. The van der Waals surface area contributed by atoms with Crippen molar-refractivity contribution in [2.24, 2.45) is 0 Å². The monoisotopic (exact) mass is 296 g/mol. The van der Waals surface area contributed by atoms with Gasteiger partial charge < -0.3 is 0 Å². The van der Waals surface area contributed by atoms with E-state index in [1.165, 1.54) is 30.1 Å². The van der Waals surface area contributed by atoms with Crippen LogP contribution in [0.15, 0.2) is 43.0 Å². The van der Waals surface area contributed by atoms with Crippen molar-refractivity contribution in [3.63, 3.8) is 0 Å². The molecule has 0 saturated heterocycles. The summed E-state index contributed by atoms with van der Waals surface area (Å²) in [5.74, 6) is 0. The molecule has 1 aliphatic rings. The molecule has 1 fully saturated rings. The molecule has 1 aromatic carbocycles. The van der Waals surface area contributed by atoms with Crippen LogP contribution in [-0.2, 0) is 4.74 Å². The molecule has 0 spiro atoms. The second kappa shape index (κ2) is 7.00. The van der Waals surface area contributed by atoms with E-state index >= 15 is 0 Å². The average Bonchev–Trinajstić information content (AvgIpc) is 2.39. The van der Waals surface area contributed by atoms with Crippen LogP contribution in [0.1, 0.15) is 25.7 Å². The Morgan fingerprint density at radius 2 is 2.00 bits per heavy atom. The third kappa shape index (κ3) is 3.99. The van der Waals surface area contributed by atoms with E-state index in [0.29, 0.717) is 27.7 Å². The Hall–Kier alpha value is -0.561. The summed E-state index contributed by atoms with van der Waals surface area (Å²) in [6.45, 7) is 4.43. The van der Waals surface area contributed by atoms with Crippen molar-refractivity contribution in [1.29, 1.82) is 0 Å². The molecular weight excluding hydrogens is 275 g/mol. The van der Waals surface area contributed by atoms with E-state index in [1.54, 1.807) is 0 Å². The Labute approximate surface area is 110 Å². The van der Waals surface area contributed by atoms with Crippen molar-refractivity contribution in [2.75, 3.05) is 6.61 Å². The van der Waals surface area contributed by atoms with E-state index in [2.05, 4.69) is 36.9 Å². The number of hydrogen-bond donors (Lipinski definition) is 0. The first-order valence-corrected chi connectivity index (χ1v) is 8.19. The molecule has 1 nitrogen and oxygen atoms in total. The molecule has 0 amide bonds. The van der Waals surface area contributed by atoms with Gasteiger partial charge in [-0.2, -0.15) is 0 Å². The van der Waals surface area contributed by atoms with Gasteiger partial charge in [0.05, 0.1) is 0 Å². The maximum atomic E-state index is 5.91. The predicted molar refractivity (Wildman–Crippen MR) is 74.0 cm³/mol. The molecule has 2 unspecified atom stereocenters. The Bertz CT molecular complexity index is 336. The van der Waals surface area contributed by atoms with Crippen molar-refractivity contribution < 1.29 is 4.74 Å². The van der Waals surface area contributed by atoms with Crippen LogP contribution in [-0.4, -0.2) is 27.7 Å². The third-order valence-corrected chi connectivity index (χ3v) is 6.01. The Kier molecular flexibility index (Phi) is 5.31. The summed E-state index contributed by atoms with van der Waals surface area (Å²) in [6, 6.07) is 10.9. The van der Waals surface area contributed by atoms with E-state index in [0.717, 1.165) is 4.82 Å². The zero-order chi connectivity index (χ0) is 11.9. The van der Waals surface area contributed by atoms with Crippen molar-refractivity contribution in [1.82, 2.24) is 0 Å². The first-order valence-electron chi connectivity index (χ1n) is 6.34. The van der Waals surface area contributed by atoms with Crippen LogP contribution in [0.2, 0.25) is 4.82 Å². The molecule has 2 atom stereocenters. The Morgan fingerprint density at radius 3 is 2.76 bits per heavy atom. The molecule has 2 heteroatoms. The number of ether oxygens (including phenoxy) is 1. The summed E-state index contributed by atoms with van der Waals surface area (Å²) in [6.07, 6.45) is 7.57. The van der Waals surface area contributed by atoms with Crippen molar-refractivity contribution in [3.8, 4) is 0 Å². The van der Waals surface area contributed by atoms with E-state index in [-0.39, 0.29) is 0 Å². The Morgan fingerprint density at radius 1 is 1.24 bits per heavy atom. The third-order valence-electron chi connectivity index (χ3n) is 3.10. The molecule has 0 aromatic heterocycles. The van der Waals surface area contributed by atoms with Gasteiger partial charge in [0.2, 0.25) is 0 Å². The van der Waals surface area contributed by atoms with Gasteiger partial charge in [0.15, 0.2) is 0 Å². The molecule has 1 aliphatic carbocycles. The van der Waals surface area contributed by atoms with E-state index in [4.69, 9.17) is 4.74 Å². The molecule has 1 saturated carbocycles. The SMILES string of the molecule is C=CCOC1CCCCC1[Se]c1ccccc1. The second-order valence-electron chi connectivity index (χ2n) is 4.41. The van der Waals surface area contributed by atoms with Crippen molar-refractivity contribution in [2.45, 2.75) is 36.6 Å². The molecule has 0 radical (unpaired) electrons. The summed E-state index contributed by atoms with van der Waals surface area (Å²) < 4.78 is 7.41. The zero-order valence-electron chi connectivity index (χ0n) is 10.2. The van der Waals surface area contributed by atoms with Crippen LogP contribution in [0, 0.1) is 0 Å². The van der Waals surface area contributed by atoms with E-state index in [9.17, 15) is 0 Å². The average molecular weight is 295 g/mol. The minimum atomic E-state index is 0.460. The van der Waals surface area contributed by atoms with Gasteiger partial charge in [0.1, 0.15) is 0 Å². The normalized spacial score (nSPS) is 24.5. The summed E-state index contributed by atoms with van der Waals surface area (Å²) in [4.78, 5) is 0.749. The van der Waals surface area contributed by atoms with Crippen LogP contribution >= 0.6 is 0 Å². The molecular formula is C15H20OSe. The van der Waals surface area contributed by atoms with Crippen LogP contribution in [0.4, 0.5) is 0 Å². The molecule has 17 heavy (non-hydrogen) atoms. The second-order valence-corrected chi connectivity index (χ2v) is 7.17. The van der Waals surface area contributed by atoms with E-state index < -0.39 is 0 Å². The zero-order valence-corrected chi connectivity index (χ0v) is 11.9. The molecule has 1 aromatic rings. The molecule has 0 N–H and O–H groups in total. The number of rotatable bonds is 5. The predicted octanol–water partition coefficient (Wildman–Crippen LogP) is 2.95. The molecule has 0 heterocycles. The van der Waals surface area contributed by atoms with Crippen LogP contribution in [0.25, 0.3) is 0 Å². The quantitative estimate of drug-likeness (QED) is 0.599. The van der Waals surface area contributed by atoms with Gasteiger partial charge in [0, 0.05) is 0 Å². The van der Waals surface area contributed by atoms with Gasteiger partial charge in [-0.05, 0) is 0 Å². The van der Waals surface area contributed by atoms with Crippen LogP contribution in [0.5, 0.6) is 0 Å². The fourth-order valence-corrected chi connectivity index (χ4v) is 5.01. The van der Waals surface area contributed by atoms with Crippen molar-refractivity contribution in [3.05, 3.63) is 43.0 Å². The molecule has 2 rings (SSSR count). The van der Waals surface area contributed by atoms with Gasteiger partial charge in [-0.1, -0.05) is 0 Å². The summed E-state index contributed by atoms with van der Waals surface area (Å²) in [5.41, 5.74) is 0. The Balaban J connectivity index is 1.94. The van der Waals surface area contributed by atoms with Gasteiger partial charge in [-0.3, -0.25) is 0 Å². The maximum absolute atomic E-state index is 5.91. The van der Waals surface area contributed by atoms with Crippen molar-refractivity contribution >= 4 is 19.4 Å². The molecule has 0 aliphatic heterocycles. The fourth-order valence-electron chi connectivity index (χ4n) is 2.25. The van der Waals surface area contributed by atoms with Gasteiger partial charge in [0.25, 0.3) is 0 Å². The minimum absolute atomic E-state index is 0.460. The molecule has 0 bridgehead atoms. The first-order chi connectivity index (χ1) is 8.40. The number of hydrogen-bond acceptors (Lipinski definition) is 1. The summed E-state index contributed by atoms with van der Waals surface area (Å²) in [5, 5.41) is 0. The van der Waals surface area contributed by atoms with Gasteiger partial charge in [-0.25, -0.2) is 0 Å². The standard InChI is InChI=1S/C15H20OSe/c1-2-12-16-14-10-6-7-11-15(14)17-13-8-4-3-5-9-13/h2-5,8-9,14-15H,1,6-7,10-12H2. The fraction of sp³-hybridized carbons (Fsp3) is 0.467. The van der Waals surface area contributed by atoms with Crippen LogP contribution < -0.4 is 4.46 Å².